The van der Waals surface area contributed by atoms with Crippen LogP contribution in [0.5, 0.6) is 0 Å². The van der Waals surface area contributed by atoms with Gasteiger partial charge in [-0.2, -0.15) is 10.1 Å². The van der Waals surface area contributed by atoms with E-state index >= 15 is 0 Å². The molecule has 180 valence electrons. The van der Waals surface area contributed by atoms with Crippen molar-refractivity contribution in [2.24, 2.45) is 12.0 Å². The van der Waals surface area contributed by atoms with Crippen molar-refractivity contribution in [3.63, 3.8) is 0 Å². The van der Waals surface area contributed by atoms with Crippen LogP contribution < -0.4 is 5.69 Å². The van der Waals surface area contributed by atoms with Crippen molar-refractivity contribution in [3.8, 4) is 11.3 Å². The molecule has 2 aliphatic heterocycles. The summed E-state index contributed by atoms with van der Waals surface area (Å²) in [6.07, 6.45) is 11.7. The van der Waals surface area contributed by atoms with Gasteiger partial charge in [-0.05, 0) is 32.3 Å². The van der Waals surface area contributed by atoms with Crippen molar-refractivity contribution in [3.05, 3.63) is 40.8 Å². The van der Waals surface area contributed by atoms with Crippen molar-refractivity contribution in [2.75, 3.05) is 13.2 Å². The van der Waals surface area contributed by atoms with E-state index in [2.05, 4.69) is 40.1 Å². The molecule has 0 saturated carbocycles. The zero-order valence-electron chi connectivity index (χ0n) is 20.1. The van der Waals surface area contributed by atoms with E-state index in [-0.39, 0.29) is 23.9 Å². The highest BCUT2D eigenvalue weighted by Crippen LogP contribution is 2.37. The van der Waals surface area contributed by atoms with Crippen LogP contribution in [0.25, 0.3) is 33.3 Å². The van der Waals surface area contributed by atoms with Crippen LogP contribution in [-0.2, 0) is 11.8 Å². The number of nitrogens with zero attached hydrogens (tertiary/aromatic N) is 7. The third-order valence-corrected chi connectivity index (χ3v) is 6.96. The second-order valence-electron chi connectivity index (χ2n) is 9.17. The van der Waals surface area contributed by atoms with Crippen molar-refractivity contribution in [2.45, 2.75) is 51.3 Å². The summed E-state index contributed by atoms with van der Waals surface area (Å²) in [5.41, 5.74) is 3.68. The van der Waals surface area contributed by atoms with Crippen LogP contribution in [0.4, 0.5) is 0 Å². The minimum Gasteiger partial charge on any atom is -0.450 e. The van der Waals surface area contributed by atoms with Crippen molar-refractivity contribution in [1.29, 1.82) is 0 Å². The number of hydrogen-bond donors (Lipinski definition) is 0. The number of aliphatic imine (C=N–C) groups is 1. The average molecular weight is 475 g/mol. The first-order chi connectivity index (χ1) is 17.1. The molecular weight excluding hydrogens is 446 g/mol. The first-order valence-corrected chi connectivity index (χ1v) is 12.1. The topological polar surface area (TPSA) is 103 Å². The third-order valence-electron chi connectivity index (χ3n) is 6.96. The maximum atomic E-state index is 13.6. The van der Waals surface area contributed by atoms with Gasteiger partial charge in [-0.15, -0.1) is 0 Å². The summed E-state index contributed by atoms with van der Waals surface area (Å²) >= 11 is 0. The molecule has 4 aromatic rings. The average Bonchev–Trinajstić information content (AvgIpc) is 3.61. The van der Waals surface area contributed by atoms with Gasteiger partial charge in [0.2, 0.25) is 6.04 Å². The molecule has 3 atom stereocenters. The highest BCUT2D eigenvalue weighted by Gasteiger charge is 2.30. The lowest BCUT2D eigenvalue weighted by Crippen LogP contribution is -2.34. The Labute approximate surface area is 201 Å². The minimum absolute atomic E-state index is 0.0248. The van der Waals surface area contributed by atoms with E-state index in [1.165, 1.54) is 0 Å². The van der Waals surface area contributed by atoms with Gasteiger partial charge in [-0.1, -0.05) is 11.9 Å². The number of rotatable bonds is 5. The normalized spacial score (nSPS) is 22.4. The highest BCUT2D eigenvalue weighted by atomic mass is 16.5. The fourth-order valence-corrected chi connectivity index (χ4v) is 5.08. The number of ether oxygens (including phenoxy) is 1. The molecule has 1 unspecified atom stereocenters. The van der Waals surface area contributed by atoms with Crippen LogP contribution in [0.1, 0.15) is 50.9 Å². The van der Waals surface area contributed by atoms with Gasteiger partial charge in [-0.3, -0.25) is 14.2 Å². The summed E-state index contributed by atoms with van der Waals surface area (Å²) in [6.45, 7) is 5.65. The van der Waals surface area contributed by atoms with Gasteiger partial charge in [0.25, 0.3) is 6.34 Å². The summed E-state index contributed by atoms with van der Waals surface area (Å²) < 4.78 is 17.8. The molecule has 10 heteroatoms. The molecule has 4 aromatic heterocycles. The lowest BCUT2D eigenvalue weighted by atomic mass is 10.0. The fraction of sp³-hybridized carbons (Fsp3) is 0.440. The number of furan rings is 1. The zero-order chi connectivity index (χ0) is 24.1. The molecule has 1 fully saturated rings. The van der Waals surface area contributed by atoms with Crippen molar-refractivity contribution < 1.29 is 13.7 Å². The molecule has 2 aliphatic rings. The van der Waals surface area contributed by atoms with Crippen LogP contribution in [0.3, 0.4) is 0 Å². The smallest absolute Gasteiger partial charge is 0.349 e. The summed E-state index contributed by atoms with van der Waals surface area (Å²) in [7, 11) is 1.84. The first kappa shape index (κ1) is 21.8. The summed E-state index contributed by atoms with van der Waals surface area (Å²) in [5, 5.41) is 5.11. The standard InChI is InChI=1S/C25H28N7O3/c1-4-17-8-16(6-7-34-17)32-23-18-9-19(20-13-31(5-2)14-27-20)26-11-21(18)35-24(23)22(29-25(32)33)15-10-28-30(3)12-15/h9-14,16-17,20H,4-8H2,1-3H3/q+1/t16-,17-,20?/m0/s1. The minimum atomic E-state index is -0.290. The van der Waals surface area contributed by atoms with E-state index in [0.29, 0.717) is 23.5 Å². The van der Waals surface area contributed by atoms with E-state index in [4.69, 9.17) is 9.15 Å². The molecule has 0 spiro atoms. The Morgan fingerprint density at radius 2 is 2.14 bits per heavy atom. The Morgan fingerprint density at radius 3 is 2.89 bits per heavy atom. The molecular formula is C25H28N7O3+. The van der Waals surface area contributed by atoms with Gasteiger partial charge in [-0.25, -0.2) is 9.37 Å². The number of aryl methyl sites for hydroxylation is 1. The molecule has 10 nitrogen and oxygen atoms in total. The zero-order valence-corrected chi connectivity index (χ0v) is 20.1. The van der Waals surface area contributed by atoms with E-state index in [1.807, 2.05) is 34.8 Å². The van der Waals surface area contributed by atoms with E-state index in [9.17, 15) is 4.79 Å². The second kappa shape index (κ2) is 8.53. The molecule has 0 radical (unpaired) electrons. The highest BCUT2D eigenvalue weighted by molar-refractivity contribution is 6.06. The van der Waals surface area contributed by atoms with E-state index in [1.54, 1.807) is 17.1 Å². The number of hydrogen-bond acceptors (Lipinski definition) is 7. The Bertz CT molecular complexity index is 1540. The van der Waals surface area contributed by atoms with E-state index < -0.39 is 0 Å². The summed E-state index contributed by atoms with van der Waals surface area (Å²) in [4.78, 5) is 27.3. The quantitative estimate of drug-likeness (QED) is 0.411. The van der Waals surface area contributed by atoms with Crippen LogP contribution in [0.15, 0.2) is 38.9 Å². The van der Waals surface area contributed by atoms with Gasteiger partial charge >= 0.3 is 5.69 Å². The van der Waals surface area contributed by atoms with Crippen molar-refractivity contribution in [1.82, 2.24) is 24.3 Å². The molecule has 1 saturated heterocycles. The van der Waals surface area contributed by atoms with Gasteiger partial charge in [0, 0.05) is 36.8 Å². The van der Waals surface area contributed by atoms with Crippen molar-refractivity contribution >= 4 is 34.6 Å². The van der Waals surface area contributed by atoms with Crippen LogP contribution >= 0.6 is 0 Å². The molecule has 0 N–H and O–H groups in total. The molecule has 0 aliphatic carbocycles. The fourth-order valence-electron chi connectivity index (χ4n) is 5.08. The lowest BCUT2D eigenvalue weighted by molar-refractivity contribution is -0.385. The maximum Gasteiger partial charge on any atom is 0.349 e. The number of aromatic nitrogens is 5. The molecule has 35 heavy (non-hydrogen) atoms. The predicted molar refractivity (Wildman–Crippen MR) is 132 cm³/mol. The van der Waals surface area contributed by atoms with Gasteiger partial charge in [0.05, 0.1) is 30.7 Å². The largest absolute Gasteiger partial charge is 0.450 e. The van der Waals surface area contributed by atoms with Gasteiger partial charge < -0.3 is 9.15 Å². The first-order valence-electron chi connectivity index (χ1n) is 12.1. The molecule has 0 amide bonds. The van der Waals surface area contributed by atoms with Crippen LogP contribution in [0.2, 0.25) is 0 Å². The van der Waals surface area contributed by atoms with Gasteiger partial charge in [0.1, 0.15) is 17.4 Å². The van der Waals surface area contributed by atoms with Crippen LogP contribution in [-0.4, -0.2) is 60.7 Å². The van der Waals surface area contributed by atoms with E-state index in [0.717, 1.165) is 48.0 Å². The predicted octanol–water partition coefficient (Wildman–Crippen LogP) is 3.25. The SMILES string of the molecule is CC[C@H]1C[C@@H](n2c(=O)nc(-c3cnn(C)c3)c3oc4cnc(C5C=[N+](CC)C=N5)cc4c32)CCO1. The molecule has 0 bridgehead atoms. The number of pyridine rings is 1. The maximum absolute atomic E-state index is 13.6. The second-order valence-corrected chi connectivity index (χ2v) is 9.17. The van der Waals surface area contributed by atoms with Crippen LogP contribution in [0, 0.1) is 0 Å². The molecule has 0 aromatic carbocycles. The lowest BCUT2D eigenvalue weighted by Gasteiger charge is -2.30. The third kappa shape index (κ3) is 3.68. The Balaban J connectivity index is 1.61. The number of fused-ring (bicyclic) bond motifs is 3. The Kier molecular flexibility index (Phi) is 5.32. The van der Waals surface area contributed by atoms with Gasteiger partial charge in [0.15, 0.2) is 11.2 Å². The molecule has 6 rings (SSSR count). The summed E-state index contributed by atoms with van der Waals surface area (Å²) in [6, 6.07) is 1.80. The monoisotopic (exact) mass is 474 g/mol. The summed E-state index contributed by atoms with van der Waals surface area (Å²) in [5.74, 6) is 0. The Morgan fingerprint density at radius 1 is 1.26 bits per heavy atom. The molecule has 6 heterocycles. The Hall–Kier alpha value is -3.66.